The van der Waals surface area contributed by atoms with E-state index in [1.165, 1.54) is 16.8 Å². The van der Waals surface area contributed by atoms with Crippen molar-refractivity contribution in [2.45, 2.75) is 20.4 Å². The molecule has 4 heterocycles. The van der Waals surface area contributed by atoms with Gasteiger partial charge in [0.05, 0.1) is 5.39 Å². The van der Waals surface area contributed by atoms with Gasteiger partial charge in [-0.1, -0.05) is 30.3 Å². The van der Waals surface area contributed by atoms with Crippen molar-refractivity contribution in [3.63, 3.8) is 0 Å². The molecule has 0 aliphatic rings. The van der Waals surface area contributed by atoms with Gasteiger partial charge in [-0.25, -0.2) is 14.5 Å². The van der Waals surface area contributed by atoms with Crippen LogP contribution in [0.2, 0.25) is 0 Å². The standard InChI is InChI=1S/C21H18N6/c1-14-15(2)26(12-16-6-4-3-5-7-16)20-18(14)21-24-19(25-27(21)13-23-20)17-8-10-22-11-9-17/h3-11,13H,12H2,1-2H3. The van der Waals surface area contributed by atoms with Crippen LogP contribution in [0, 0.1) is 13.8 Å². The fourth-order valence-corrected chi connectivity index (χ4v) is 3.51. The van der Waals surface area contributed by atoms with Crippen molar-refractivity contribution in [2.24, 2.45) is 0 Å². The molecule has 0 aliphatic heterocycles. The average Bonchev–Trinajstić information content (AvgIpc) is 3.25. The molecule has 1 aromatic carbocycles. The smallest absolute Gasteiger partial charge is 0.182 e. The fraction of sp³-hybridized carbons (Fsp3) is 0.143. The maximum absolute atomic E-state index is 4.80. The first-order valence-corrected chi connectivity index (χ1v) is 8.87. The number of fused-ring (bicyclic) bond motifs is 3. The fourth-order valence-electron chi connectivity index (χ4n) is 3.51. The lowest BCUT2D eigenvalue weighted by Gasteiger charge is -2.07. The number of hydrogen-bond acceptors (Lipinski definition) is 4. The molecule has 0 N–H and O–H groups in total. The van der Waals surface area contributed by atoms with Gasteiger partial charge >= 0.3 is 0 Å². The summed E-state index contributed by atoms with van der Waals surface area (Å²) >= 11 is 0. The van der Waals surface area contributed by atoms with Gasteiger partial charge in [-0.3, -0.25) is 4.98 Å². The summed E-state index contributed by atoms with van der Waals surface area (Å²) in [6, 6.07) is 14.3. The third-order valence-electron chi connectivity index (χ3n) is 5.07. The van der Waals surface area contributed by atoms with E-state index in [0.29, 0.717) is 5.82 Å². The highest BCUT2D eigenvalue weighted by atomic mass is 15.3. The molecule has 132 valence electrons. The minimum Gasteiger partial charge on any atom is -0.325 e. The van der Waals surface area contributed by atoms with Crippen LogP contribution in [0.15, 0.2) is 61.2 Å². The normalized spacial score (nSPS) is 11.5. The number of nitrogens with zero attached hydrogens (tertiary/aromatic N) is 6. The Kier molecular flexibility index (Phi) is 3.50. The van der Waals surface area contributed by atoms with Crippen LogP contribution in [0.3, 0.4) is 0 Å². The minimum atomic E-state index is 0.680. The maximum atomic E-state index is 4.80. The van der Waals surface area contributed by atoms with E-state index in [4.69, 9.17) is 9.97 Å². The molecule has 0 spiro atoms. The van der Waals surface area contributed by atoms with Crippen molar-refractivity contribution in [1.29, 1.82) is 0 Å². The van der Waals surface area contributed by atoms with Gasteiger partial charge in [0, 0.05) is 30.2 Å². The molecule has 0 radical (unpaired) electrons. The molecule has 27 heavy (non-hydrogen) atoms. The highest BCUT2D eigenvalue weighted by Gasteiger charge is 2.18. The summed E-state index contributed by atoms with van der Waals surface area (Å²) in [7, 11) is 0. The molecular formula is C21H18N6. The van der Waals surface area contributed by atoms with Crippen LogP contribution in [0.5, 0.6) is 0 Å². The second-order valence-electron chi connectivity index (χ2n) is 6.66. The molecule has 5 rings (SSSR count). The highest BCUT2D eigenvalue weighted by Crippen LogP contribution is 2.28. The van der Waals surface area contributed by atoms with Gasteiger partial charge < -0.3 is 4.57 Å². The van der Waals surface area contributed by atoms with Gasteiger partial charge in [0.15, 0.2) is 11.5 Å². The monoisotopic (exact) mass is 354 g/mol. The van der Waals surface area contributed by atoms with Gasteiger partial charge in [-0.05, 0) is 37.1 Å². The summed E-state index contributed by atoms with van der Waals surface area (Å²) in [5, 5.41) is 5.66. The second-order valence-corrected chi connectivity index (χ2v) is 6.66. The molecule has 0 aliphatic carbocycles. The van der Waals surface area contributed by atoms with E-state index in [2.05, 4.69) is 52.8 Å². The summed E-state index contributed by atoms with van der Waals surface area (Å²) in [5.41, 5.74) is 6.35. The van der Waals surface area contributed by atoms with Crippen LogP contribution in [0.4, 0.5) is 0 Å². The zero-order valence-electron chi connectivity index (χ0n) is 15.2. The lowest BCUT2D eigenvalue weighted by atomic mass is 10.2. The average molecular weight is 354 g/mol. The molecule has 0 saturated heterocycles. The molecule has 0 bridgehead atoms. The van der Waals surface area contributed by atoms with E-state index in [1.54, 1.807) is 23.2 Å². The number of aryl methyl sites for hydroxylation is 1. The maximum Gasteiger partial charge on any atom is 0.182 e. The first-order chi connectivity index (χ1) is 13.2. The predicted molar refractivity (Wildman–Crippen MR) is 105 cm³/mol. The SMILES string of the molecule is Cc1c(C)n(Cc2ccccc2)c2ncn3nc(-c4ccncc4)nc3c12. The van der Waals surface area contributed by atoms with E-state index < -0.39 is 0 Å². The van der Waals surface area contributed by atoms with Crippen LogP contribution in [0.25, 0.3) is 28.1 Å². The van der Waals surface area contributed by atoms with Crippen molar-refractivity contribution < 1.29 is 0 Å². The minimum absolute atomic E-state index is 0.680. The predicted octanol–water partition coefficient (Wildman–Crippen LogP) is 3.81. The van der Waals surface area contributed by atoms with Crippen LogP contribution in [-0.4, -0.2) is 29.1 Å². The molecule has 0 fully saturated rings. The molecule has 5 aromatic rings. The summed E-state index contributed by atoms with van der Waals surface area (Å²) < 4.78 is 4.01. The number of pyridine rings is 1. The van der Waals surface area contributed by atoms with Gasteiger partial charge in [0.1, 0.15) is 12.0 Å². The molecule has 4 aromatic heterocycles. The van der Waals surface area contributed by atoms with Crippen LogP contribution in [0.1, 0.15) is 16.8 Å². The Labute approximate surface area is 156 Å². The Morgan fingerprint density at radius 3 is 2.48 bits per heavy atom. The van der Waals surface area contributed by atoms with Crippen molar-refractivity contribution in [3.8, 4) is 11.4 Å². The van der Waals surface area contributed by atoms with Crippen LogP contribution in [-0.2, 0) is 6.54 Å². The highest BCUT2D eigenvalue weighted by molar-refractivity contribution is 5.94. The molecule has 0 saturated carbocycles. The van der Waals surface area contributed by atoms with E-state index in [1.807, 2.05) is 18.2 Å². The summed E-state index contributed by atoms with van der Waals surface area (Å²) in [5.74, 6) is 0.680. The molecule has 0 unspecified atom stereocenters. The summed E-state index contributed by atoms with van der Waals surface area (Å²) in [6.45, 7) is 5.05. The molecule has 0 amide bonds. The molecule has 6 heteroatoms. The third-order valence-corrected chi connectivity index (χ3v) is 5.07. The second kappa shape index (κ2) is 6.02. The van der Waals surface area contributed by atoms with E-state index in [0.717, 1.165) is 28.8 Å². The first-order valence-electron chi connectivity index (χ1n) is 8.87. The largest absolute Gasteiger partial charge is 0.325 e. The zero-order valence-corrected chi connectivity index (χ0v) is 15.2. The van der Waals surface area contributed by atoms with Crippen LogP contribution < -0.4 is 0 Å². The zero-order chi connectivity index (χ0) is 18.4. The topological polar surface area (TPSA) is 60.9 Å². The quantitative estimate of drug-likeness (QED) is 0.494. The van der Waals surface area contributed by atoms with E-state index in [-0.39, 0.29) is 0 Å². The summed E-state index contributed by atoms with van der Waals surface area (Å²) in [4.78, 5) is 13.6. The molecule has 6 nitrogen and oxygen atoms in total. The molecular weight excluding hydrogens is 336 g/mol. The van der Waals surface area contributed by atoms with E-state index in [9.17, 15) is 0 Å². The number of rotatable bonds is 3. The lowest BCUT2D eigenvalue weighted by molar-refractivity contribution is 0.787. The van der Waals surface area contributed by atoms with Gasteiger partial charge in [-0.2, -0.15) is 0 Å². The number of hydrogen-bond donors (Lipinski definition) is 0. The van der Waals surface area contributed by atoms with Gasteiger partial charge in [0.25, 0.3) is 0 Å². The first kappa shape index (κ1) is 15.7. The van der Waals surface area contributed by atoms with Crippen molar-refractivity contribution >= 4 is 16.7 Å². The lowest BCUT2D eigenvalue weighted by Crippen LogP contribution is -2.03. The summed E-state index contributed by atoms with van der Waals surface area (Å²) in [6.07, 6.45) is 5.25. The Balaban J connectivity index is 1.72. The van der Waals surface area contributed by atoms with Gasteiger partial charge in [0.2, 0.25) is 0 Å². The van der Waals surface area contributed by atoms with Crippen LogP contribution >= 0.6 is 0 Å². The van der Waals surface area contributed by atoms with Gasteiger partial charge in [-0.15, -0.1) is 5.10 Å². The Morgan fingerprint density at radius 2 is 1.70 bits per heavy atom. The van der Waals surface area contributed by atoms with Crippen molar-refractivity contribution in [1.82, 2.24) is 29.1 Å². The number of benzene rings is 1. The Hall–Kier alpha value is -3.54. The molecule has 0 atom stereocenters. The third kappa shape index (κ3) is 2.49. The Bertz CT molecular complexity index is 1250. The van der Waals surface area contributed by atoms with Crippen molar-refractivity contribution in [3.05, 3.63) is 78.0 Å². The Morgan fingerprint density at radius 1 is 0.926 bits per heavy atom. The number of aromatic nitrogens is 6. The van der Waals surface area contributed by atoms with E-state index >= 15 is 0 Å². The van der Waals surface area contributed by atoms with Crippen molar-refractivity contribution in [2.75, 3.05) is 0 Å².